The average molecular weight is 438 g/mol. The lowest BCUT2D eigenvalue weighted by atomic mass is 10.0. The third kappa shape index (κ3) is 3.28. The van der Waals surface area contributed by atoms with Crippen LogP contribution in [0.25, 0.3) is 0 Å². The lowest BCUT2D eigenvalue weighted by molar-refractivity contribution is -0.143. The number of rotatable bonds is 2. The molecule has 0 aliphatic carbocycles. The van der Waals surface area contributed by atoms with E-state index in [0.29, 0.717) is 23.0 Å². The molecule has 1 fully saturated rings. The van der Waals surface area contributed by atoms with E-state index in [-0.39, 0.29) is 5.91 Å². The molecule has 1 aliphatic rings. The molecule has 0 radical (unpaired) electrons. The second kappa shape index (κ2) is 6.21. The zero-order valence-electron chi connectivity index (χ0n) is 10.1. The molecule has 1 heterocycles. The molecule has 0 aromatic heterocycles. The van der Waals surface area contributed by atoms with Gasteiger partial charge in [0, 0.05) is 14.6 Å². The molecule has 0 bridgehead atoms. The van der Waals surface area contributed by atoms with Gasteiger partial charge in [-0.2, -0.15) is 0 Å². The van der Waals surface area contributed by atoms with Crippen LogP contribution >= 0.6 is 38.5 Å². The molecule has 1 saturated heterocycles. The van der Waals surface area contributed by atoms with E-state index >= 15 is 0 Å². The Balaban J connectivity index is 2.31. The zero-order valence-corrected chi connectivity index (χ0v) is 13.8. The molecule has 4 nitrogen and oxygen atoms in total. The van der Waals surface area contributed by atoms with Gasteiger partial charge < -0.3 is 10.0 Å². The van der Waals surface area contributed by atoms with E-state index in [1.807, 2.05) is 12.1 Å². The van der Waals surface area contributed by atoms with Crippen molar-refractivity contribution in [3.63, 3.8) is 0 Å². The monoisotopic (exact) mass is 437 g/mol. The molecule has 6 heteroatoms. The Hall–Kier alpha value is -0.630. The topological polar surface area (TPSA) is 57.6 Å². The Labute approximate surface area is 133 Å². The number of aliphatic carboxylic acids is 1. The minimum atomic E-state index is -0.921. The number of benzene rings is 1. The fourth-order valence-electron chi connectivity index (χ4n) is 2.25. The first-order valence-electron chi connectivity index (χ1n) is 5.99. The molecule has 2 rings (SSSR count). The predicted octanol–water partition coefficient (Wildman–Crippen LogP) is 3.13. The Kier molecular flexibility index (Phi) is 4.83. The van der Waals surface area contributed by atoms with Gasteiger partial charge in [0.2, 0.25) is 0 Å². The van der Waals surface area contributed by atoms with E-state index in [4.69, 9.17) is 0 Å². The molecule has 0 spiro atoms. The zero-order chi connectivity index (χ0) is 14.0. The van der Waals surface area contributed by atoms with Crippen molar-refractivity contribution in [1.29, 1.82) is 0 Å². The summed E-state index contributed by atoms with van der Waals surface area (Å²) in [5.41, 5.74) is 0.528. The van der Waals surface area contributed by atoms with Gasteiger partial charge in [-0.05, 0) is 76.0 Å². The first-order valence-corrected chi connectivity index (χ1v) is 7.86. The number of carboxylic acid groups (broad SMARTS) is 1. The van der Waals surface area contributed by atoms with Crippen LogP contribution in [-0.2, 0) is 4.79 Å². The summed E-state index contributed by atoms with van der Waals surface area (Å²) in [4.78, 5) is 25.2. The van der Waals surface area contributed by atoms with E-state index in [0.717, 1.165) is 16.4 Å². The number of carbonyl (C=O) groups is 2. The van der Waals surface area contributed by atoms with Crippen LogP contribution in [0.2, 0.25) is 0 Å². The molecule has 1 aliphatic heterocycles. The highest BCUT2D eigenvalue weighted by Gasteiger charge is 2.33. The number of hydrogen-bond donors (Lipinski definition) is 1. The first kappa shape index (κ1) is 14.8. The lowest BCUT2D eigenvalue weighted by Gasteiger charge is -2.33. The molecule has 0 unspecified atom stereocenters. The van der Waals surface area contributed by atoms with Gasteiger partial charge in [-0.25, -0.2) is 4.79 Å². The summed E-state index contributed by atoms with van der Waals surface area (Å²) in [5, 5.41) is 9.22. The molecular weight excluding hydrogens is 425 g/mol. The fraction of sp³-hybridized carbons (Fsp3) is 0.385. The molecule has 1 amide bonds. The Bertz CT molecular complexity index is 521. The maximum atomic E-state index is 12.5. The highest BCUT2D eigenvalue weighted by atomic mass is 127. The van der Waals surface area contributed by atoms with Gasteiger partial charge in [0.15, 0.2) is 0 Å². The Morgan fingerprint density at radius 2 is 2.11 bits per heavy atom. The van der Waals surface area contributed by atoms with Crippen LogP contribution in [0.3, 0.4) is 0 Å². The van der Waals surface area contributed by atoms with Crippen LogP contribution in [0.5, 0.6) is 0 Å². The highest BCUT2D eigenvalue weighted by Crippen LogP contribution is 2.25. The van der Waals surface area contributed by atoms with E-state index in [1.54, 1.807) is 6.07 Å². The number of likely N-dealkylation sites (tertiary alicyclic amines) is 1. The predicted molar refractivity (Wildman–Crippen MR) is 83.2 cm³/mol. The minimum Gasteiger partial charge on any atom is -0.480 e. The quantitative estimate of drug-likeness (QED) is 0.723. The second-order valence-electron chi connectivity index (χ2n) is 4.47. The SMILES string of the molecule is O=C(O)[C@H]1CCCCN1C(=O)c1cc(I)ccc1Br. The summed E-state index contributed by atoms with van der Waals surface area (Å²) in [5.74, 6) is -1.13. The fourth-order valence-corrected chi connectivity index (χ4v) is 3.15. The van der Waals surface area contributed by atoms with E-state index < -0.39 is 12.0 Å². The lowest BCUT2D eigenvalue weighted by Crippen LogP contribution is -2.48. The van der Waals surface area contributed by atoms with Crippen LogP contribution in [0, 0.1) is 3.57 Å². The van der Waals surface area contributed by atoms with Gasteiger partial charge in [0.25, 0.3) is 5.91 Å². The number of hydrogen-bond acceptors (Lipinski definition) is 2. The van der Waals surface area contributed by atoms with Gasteiger partial charge in [-0.1, -0.05) is 0 Å². The van der Waals surface area contributed by atoms with E-state index in [9.17, 15) is 14.7 Å². The largest absolute Gasteiger partial charge is 0.480 e. The number of carboxylic acids is 1. The molecule has 0 saturated carbocycles. The normalized spacial score (nSPS) is 19.3. The van der Waals surface area contributed by atoms with E-state index in [2.05, 4.69) is 38.5 Å². The van der Waals surface area contributed by atoms with E-state index in [1.165, 1.54) is 4.90 Å². The van der Waals surface area contributed by atoms with Crippen molar-refractivity contribution in [3.8, 4) is 0 Å². The van der Waals surface area contributed by atoms with Crippen molar-refractivity contribution in [2.24, 2.45) is 0 Å². The second-order valence-corrected chi connectivity index (χ2v) is 6.57. The van der Waals surface area contributed by atoms with Crippen molar-refractivity contribution >= 4 is 50.4 Å². The number of halogens is 2. The number of piperidine rings is 1. The first-order chi connectivity index (χ1) is 9.00. The molecule has 1 N–H and O–H groups in total. The number of carbonyl (C=O) groups excluding carboxylic acids is 1. The Morgan fingerprint density at radius 1 is 1.37 bits per heavy atom. The summed E-state index contributed by atoms with van der Waals surface area (Å²) in [6.45, 7) is 0.508. The van der Waals surface area contributed by atoms with Crippen molar-refractivity contribution < 1.29 is 14.7 Å². The third-order valence-corrected chi connectivity index (χ3v) is 4.57. The maximum Gasteiger partial charge on any atom is 0.326 e. The smallest absolute Gasteiger partial charge is 0.326 e. The Morgan fingerprint density at radius 3 is 2.79 bits per heavy atom. The van der Waals surface area contributed by atoms with Gasteiger partial charge in [0.1, 0.15) is 6.04 Å². The summed E-state index contributed by atoms with van der Waals surface area (Å²) in [7, 11) is 0. The van der Waals surface area contributed by atoms with Crippen molar-refractivity contribution in [2.75, 3.05) is 6.54 Å². The molecule has 1 aromatic rings. The van der Waals surface area contributed by atoms with Gasteiger partial charge in [-0.3, -0.25) is 4.79 Å². The van der Waals surface area contributed by atoms with Crippen molar-refractivity contribution in [3.05, 3.63) is 31.8 Å². The molecular formula is C13H13BrINO3. The van der Waals surface area contributed by atoms with Crippen LogP contribution in [-0.4, -0.2) is 34.5 Å². The van der Waals surface area contributed by atoms with Crippen molar-refractivity contribution in [2.45, 2.75) is 25.3 Å². The number of nitrogens with zero attached hydrogens (tertiary/aromatic N) is 1. The molecule has 1 atom stereocenters. The average Bonchev–Trinajstić information content (AvgIpc) is 2.40. The summed E-state index contributed by atoms with van der Waals surface area (Å²) in [6, 6.07) is 4.78. The van der Waals surface area contributed by atoms with Gasteiger partial charge >= 0.3 is 5.97 Å². The van der Waals surface area contributed by atoms with Crippen LogP contribution in [0.1, 0.15) is 29.6 Å². The molecule has 102 valence electrons. The molecule has 1 aromatic carbocycles. The van der Waals surface area contributed by atoms with Crippen LogP contribution < -0.4 is 0 Å². The van der Waals surface area contributed by atoms with Crippen molar-refractivity contribution in [1.82, 2.24) is 4.90 Å². The minimum absolute atomic E-state index is 0.211. The van der Waals surface area contributed by atoms with Gasteiger partial charge in [0.05, 0.1) is 5.56 Å². The number of amides is 1. The molecule has 19 heavy (non-hydrogen) atoms. The van der Waals surface area contributed by atoms with Crippen LogP contribution in [0.15, 0.2) is 22.7 Å². The van der Waals surface area contributed by atoms with Crippen LogP contribution in [0.4, 0.5) is 0 Å². The highest BCUT2D eigenvalue weighted by molar-refractivity contribution is 14.1. The standard InChI is InChI=1S/C13H13BrINO3/c14-10-5-4-8(15)7-9(10)12(17)16-6-2-1-3-11(16)13(18)19/h4-5,7,11H,1-3,6H2,(H,18,19)/t11-/m1/s1. The third-order valence-electron chi connectivity index (χ3n) is 3.21. The van der Waals surface area contributed by atoms with Gasteiger partial charge in [-0.15, -0.1) is 0 Å². The maximum absolute atomic E-state index is 12.5. The summed E-state index contributed by atoms with van der Waals surface area (Å²) >= 11 is 5.49. The summed E-state index contributed by atoms with van der Waals surface area (Å²) < 4.78 is 1.65. The summed E-state index contributed by atoms with van der Waals surface area (Å²) in [6.07, 6.45) is 2.24.